The number of nitrogens with zero attached hydrogens (tertiary/aromatic N) is 1. The van der Waals surface area contributed by atoms with Crippen molar-refractivity contribution in [2.24, 2.45) is 0 Å². The van der Waals surface area contributed by atoms with Gasteiger partial charge in [0.05, 0.1) is 6.20 Å². The molecule has 0 atom stereocenters. The van der Waals surface area contributed by atoms with Gasteiger partial charge in [-0.05, 0) is 6.07 Å². The SMILES string of the molecule is O=S(=O)(Nc1c(F)c(F)cc(F)c1F)c1ccn[nH]1. The van der Waals surface area contributed by atoms with Crippen molar-refractivity contribution in [3.8, 4) is 0 Å². The van der Waals surface area contributed by atoms with Crippen LogP contribution >= 0.6 is 0 Å². The van der Waals surface area contributed by atoms with Gasteiger partial charge in [0.25, 0.3) is 10.0 Å². The molecule has 0 bridgehead atoms. The average Bonchev–Trinajstić information content (AvgIpc) is 2.87. The lowest BCUT2D eigenvalue weighted by Gasteiger charge is -2.09. The van der Waals surface area contributed by atoms with Crippen LogP contribution in [0.2, 0.25) is 0 Å². The van der Waals surface area contributed by atoms with E-state index in [2.05, 4.69) is 5.10 Å². The number of H-pyrrole nitrogens is 1. The molecule has 102 valence electrons. The fraction of sp³-hybridized carbons (Fsp3) is 0. The highest BCUT2D eigenvalue weighted by molar-refractivity contribution is 7.92. The van der Waals surface area contributed by atoms with Crippen molar-refractivity contribution in [2.75, 3.05) is 4.72 Å². The fourth-order valence-electron chi connectivity index (χ4n) is 1.24. The summed E-state index contributed by atoms with van der Waals surface area (Å²) in [6.45, 7) is 0. The minimum Gasteiger partial charge on any atom is -0.272 e. The standard InChI is InChI=1S/C9H5F4N3O2S/c10-4-3-5(11)8(13)9(7(4)12)16-19(17,18)6-1-2-14-15-6/h1-3,16H,(H,14,15). The Balaban J connectivity index is 2.51. The maximum absolute atomic E-state index is 13.3. The van der Waals surface area contributed by atoms with Crippen molar-refractivity contribution in [2.45, 2.75) is 5.03 Å². The van der Waals surface area contributed by atoms with Crippen molar-refractivity contribution < 1.29 is 26.0 Å². The molecule has 2 N–H and O–H groups in total. The summed E-state index contributed by atoms with van der Waals surface area (Å²) in [5.74, 6) is -7.13. The second-order valence-electron chi connectivity index (χ2n) is 3.37. The monoisotopic (exact) mass is 295 g/mol. The van der Waals surface area contributed by atoms with Crippen molar-refractivity contribution in [1.29, 1.82) is 0 Å². The topological polar surface area (TPSA) is 74.8 Å². The van der Waals surface area contributed by atoms with Crippen LogP contribution < -0.4 is 4.72 Å². The number of sulfonamides is 1. The van der Waals surface area contributed by atoms with Gasteiger partial charge in [-0.2, -0.15) is 13.5 Å². The lowest BCUT2D eigenvalue weighted by atomic mass is 10.3. The van der Waals surface area contributed by atoms with Gasteiger partial charge >= 0.3 is 0 Å². The summed E-state index contributed by atoms with van der Waals surface area (Å²) in [7, 11) is -4.43. The molecule has 0 aliphatic heterocycles. The van der Waals surface area contributed by atoms with Gasteiger partial charge < -0.3 is 0 Å². The normalized spacial score (nSPS) is 11.6. The van der Waals surface area contributed by atoms with Gasteiger partial charge in [-0.15, -0.1) is 0 Å². The number of rotatable bonds is 3. The second-order valence-corrected chi connectivity index (χ2v) is 5.02. The minimum atomic E-state index is -4.43. The first-order valence-corrected chi connectivity index (χ1v) is 6.16. The Morgan fingerprint density at radius 3 is 2.16 bits per heavy atom. The molecule has 2 aromatic rings. The lowest BCUT2D eigenvalue weighted by Crippen LogP contribution is -2.17. The third-order valence-corrected chi connectivity index (χ3v) is 3.39. The van der Waals surface area contributed by atoms with Gasteiger partial charge in [0.1, 0.15) is 5.69 Å². The second kappa shape index (κ2) is 4.53. The number of aromatic nitrogens is 2. The molecule has 0 unspecified atom stereocenters. The van der Waals surface area contributed by atoms with Gasteiger partial charge in [0.2, 0.25) is 0 Å². The number of halogens is 4. The van der Waals surface area contributed by atoms with Crippen molar-refractivity contribution >= 4 is 15.7 Å². The van der Waals surface area contributed by atoms with E-state index in [1.165, 1.54) is 4.72 Å². The predicted octanol–water partition coefficient (Wildman–Crippen LogP) is 1.77. The fourth-order valence-corrected chi connectivity index (χ4v) is 2.22. The zero-order chi connectivity index (χ0) is 14.2. The molecule has 0 saturated carbocycles. The van der Waals surface area contributed by atoms with Crippen molar-refractivity contribution in [1.82, 2.24) is 10.2 Å². The molecular formula is C9H5F4N3O2S. The van der Waals surface area contributed by atoms with Crippen LogP contribution in [0.3, 0.4) is 0 Å². The van der Waals surface area contributed by atoms with Gasteiger partial charge in [0.15, 0.2) is 28.3 Å². The van der Waals surface area contributed by atoms with Crippen LogP contribution in [0.15, 0.2) is 23.4 Å². The Bertz CT molecular complexity index is 689. The Morgan fingerprint density at radius 1 is 1.11 bits per heavy atom. The zero-order valence-corrected chi connectivity index (χ0v) is 9.73. The van der Waals surface area contributed by atoms with E-state index in [-0.39, 0.29) is 6.07 Å². The van der Waals surface area contributed by atoms with Crippen LogP contribution in [-0.2, 0) is 10.0 Å². The first-order valence-electron chi connectivity index (χ1n) is 4.68. The summed E-state index contributed by atoms with van der Waals surface area (Å²) in [6.07, 6.45) is 1.08. The number of anilines is 1. The third kappa shape index (κ3) is 2.38. The minimum absolute atomic E-state index is 0.0291. The summed E-state index contributed by atoms with van der Waals surface area (Å²) in [5.41, 5.74) is -1.44. The molecule has 0 fully saturated rings. The summed E-state index contributed by atoms with van der Waals surface area (Å²) in [5, 5.41) is 4.85. The molecule has 2 rings (SSSR count). The van der Waals surface area contributed by atoms with Gasteiger partial charge in [-0.3, -0.25) is 9.82 Å². The molecule has 0 spiro atoms. The maximum atomic E-state index is 13.3. The van der Waals surface area contributed by atoms with Crippen LogP contribution in [0.1, 0.15) is 0 Å². The summed E-state index contributed by atoms with van der Waals surface area (Å²) in [6, 6.07) is 0.965. The Labute approximate surface area is 104 Å². The van der Waals surface area contributed by atoms with Gasteiger partial charge in [-0.25, -0.2) is 17.6 Å². The summed E-state index contributed by atoms with van der Waals surface area (Å²) >= 11 is 0. The van der Waals surface area contributed by atoms with Crippen LogP contribution in [0.4, 0.5) is 23.2 Å². The van der Waals surface area contributed by atoms with E-state index in [0.717, 1.165) is 12.3 Å². The summed E-state index contributed by atoms with van der Waals surface area (Å²) in [4.78, 5) is 0. The average molecular weight is 295 g/mol. The molecule has 1 heterocycles. The predicted molar refractivity (Wildman–Crippen MR) is 55.7 cm³/mol. The van der Waals surface area contributed by atoms with E-state index in [1.807, 2.05) is 5.10 Å². The van der Waals surface area contributed by atoms with Crippen LogP contribution in [0.25, 0.3) is 0 Å². The molecule has 0 aliphatic rings. The summed E-state index contributed by atoms with van der Waals surface area (Å²) < 4.78 is 77.0. The third-order valence-electron chi connectivity index (χ3n) is 2.11. The molecule has 0 amide bonds. The number of benzene rings is 1. The number of nitrogens with one attached hydrogen (secondary N) is 2. The highest BCUT2D eigenvalue weighted by Crippen LogP contribution is 2.26. The maximum Gasteiger partial charge on any atom is 0.279 e. The number of hydrogen-bond acceptors (Lipinski definition) is 3. The lowest BCUT2D eigenvalue weighted by molar-refractivity contribution is 0.459. The molecule has 1 aromatic heterocycles. The molecule has 10 heteroatoms. The van der Waals surface area contributed by atoms with E-state index in [1.54, 1.807) is 0 Å². The van der Waals surface area contributed by atoms with E-state index < -0.39 is 44.0 Å². The quantitative estimate of drug-likeness (QED) is 0.669. The van der Waals surface area contributed by atoms with Crippen LogP contribution in [0, 0.1) is 23.3 Å². The van der Waals surface area contributed by atoms with E-state index >= 15 is 0 Å². The molecule has 1 aromatic carbocycles. The molecular weight excluding hydrogens is 290 g/mol. The highest BCUT2D eigenvalue weighted by atomic mass is 32.2. The smallest absolute Gasteiger partial charge is 0.272 e. The van der Waals surface area contributed by atoms with Gasteiger partial charge in [-0.1, -0.05) is 0 Å². The molecule has 5 nitrogen and oxygen atoms in total. The Hall–Kier alpha value is -2.10. The van der Waals surface area contributed by atoms with Crippen LogP contribution in [0.5, 0.6) is 0 Å². The van der Waals surface area contributed by atoms with Crippen molar-refractivity contribution in [3.63, 3.8) is 0 Å². The molecule has 0 aliphatic carbocycles. The number of aromatic amines is 1. The molecule has 19 heavy (non-hydrogen) atoms. The van der Waals surface area contributed by atoms with Crippen LogP contribution in [-0.4, -0.2) is 18.6 Å². The van der Waals surface area contributed by atoms with E-state index in [4.69, 9.17) is 0 Å². The first kappa shape index (κ1) is 13.3. The zero-order valence-electron chi connectivity index (χ0n) is 8.92. The highest BCUT2D eigenvalue weighted by Gasteiger charge is 2.25. The molecule has 0 saturated heterocycles. The van der Waals surface area contributed by atoms with E-state index in [0.29, 0.717) is 0 Å². The Morgan fingerprint density at radius 2 is 1.68 bits per heavy atom. The number of hydrogen-bond donors (Lipinski definition) is 2. The Kier molecular flexibility index (Phi) is 3.18. The van der Waals surface area contributed by atoms with Gasteiger partial charge in [0, 0.05) is 6.07 Å². The largest absolute Gasteiger partial charge is 0.279 e. The van der Waals surface area contributed by atoms with Crippen molar-refractivity contribution in [3.05, 3.63) is 41.6 Å². The molecule has 0 radical (unpaired) electrons. The van der Waals surface area contributed by atoms with E-state index in [9.17, 15) is 26.0 Å². The first-order chi connectivity index (χ1) is 8.83.